The Morgan fingerprint density at radius 1 is 1.04 bits per heavy atom. The monoisotopic (exact) mass is 365 g/mol. The van der Waals surface area contributed by atoms with Gasteiger partial charge in [-0.3, -0.25) is 14.5 Å². The standard InChI is InChI=1S/C15H31NO7Si/c1-6-21-24(22-7-2,23-8-3)11-9-10-16(5)15(4,14(19)20)12-13(17)18/h6-12H2,1-5H3,(H,17,18)(H,19,20)/t15-/m0/s1. The molecule has 0 heterocycles. The lowest BCUT2D eigenvalue weighted by Gasteiger charge is -2.35. The molecule has 1 atom stereocenters. The fraction of sp³-hybridized carbons (Fsp3) is 0.867. The van der Waals surface area contributed by atoms with Crippen molar-refractivity contribution in [1.29, 1.82) is 0 Å². The van der Waals surface area contributed by atoms with Crippen LogP contribution in [0.3, 0.4) is 0 Å². The summed E-state index contributed by atoms with van der Waals surface area (Å²) in [6.45, 7) is 8.89. The summed E-state index contributed by atoms with van der Waals surface area (Å²) in [4.78, 5) is 24.0. The molecule has 0 bridgehead atoms. The van der Waals surface area contributed by atoms with Crippen molar-refractivity contribution in [3.8, 4) is 0 Å². The highest BCUT2D eigenvalue weighted by atomic mass is 28.4. The van der Waals surface area contributed by atoms with Gasteiger partial charge in [-0.15, -0.1) is 0 Å². The molecule has 9 heteroatoms. The molecule has 0 aromatic heterocycles. The Kier molecular flexibility index (Phi) is 10.3. The van der Waals surface area contributed by atoms with Crippen LogP contribution in [0.15, 0.2) is 0 Å². The number of carboxylic acids is 2. The van der Waals surface area contributed by atoms with Gasteiger partial charge >= 0.3 is 20.7 Å². The molecule has 0 radical (unpaired) electrons. The minimum absolute atomic E-state index is 0.401. The average molecular weight is 365 g/mol. The summed E-state index contributed by atoms with van der Waals surface area (Å²) in [5, 5.41) is 18.4. The molecule has 0 rings (SSSR count). The number of nitrogens with zero attached hydrogens (tertiary/aromatic N) is 1. The Balaban J connectivity index is 4.88. The molecule has 0 fully saturated rings. The predicted molar refractivity (Wildman–Crippen MR) is 91.0 cm³/mol. The van der Waals surface area contributed by atoms with Gasteiger partial charge < -0.3 is 23.5 Å². The van der Waals surface area contributed by atoms with Gasteiger partial charge in [-0.05, 0) is 47.7 Å². The first-order valence-electron chi connectivity index (χ1n) is 8.25. The Labute approximate surface area is 145 Å². The number of rotatable bonds is 14. The second-order valence-electron chi connectivity index (χ2n) is 5.66. The van der Waals surface area contributed by atoms with Crippen LogP contribution in [-0.4, -0.2) is 74.8 Å². The second kappa shape index (κ2) is 10.8. The van der Waals surface area contributed by atoms with E-state index in [1.54, 1.807) is 11.9 Å². The van der Waals surface area contributed by atoms with Crippen molar-refractivity contribution in [3.63, 3.8) is 0 Å². The number of carboxylic acid groups (broad SMARTS) is 2. The minimum Gasteiger partial charge on any atom is -0.481 e. The molecule has 0 spiro atoms. The molecular weight excluding hydrogens is 334 g/mol. The number of aliphatic carboxylic acids is 2. The van der Waals surface area contributed by atoms with Gasteiger partial charge in [-0.2, -0.15) is 0 Å². The largest absolute Gasteiger partial charge is 0.500 e. The molecule has 142 valence electrons. The molecule has 0 saturated carbocycles. The van der Waals surface area contributed by atoms with Gasteiger partial charge in [-0.25, -0.2) is 0 Å². The van der Waals surface area contributed by atoms with Crippen LogP contribution in [0.2, 0.25) is 6.04 Å². The van der Waals surface area contributed by atoms with Gasteiger partial charge in [0.1, 0.15) is 5.54 Å². The molecule has 0 saturated heterocycles. The van der Waals surface area contributed by atoms with Gasteiger partial charge in [0.15, 0.2) is 0 Å². The van der Waals surface area contributed by atoms with Crippen molar-refractivity contribution in [1.82, 2.24) is 4.90 Å². The lowest BCUT2D eigenvalue weighted by molar-refractivity contribution is -0.156. The van der Waals surface area contributed by atoms with E-state index in [-0.39, 0.29) is 0 Å². The molecule has 2 N–H and O–H groups in total. The SMILES string of the molecule is CCO[Si](CCCN(C)[C@@](C)(CC(=O)O)C(=O)O)(OCC)OCC. The van der Waals surface area contributed by atoms with Crippen LogP contribution in [0.25, 0.3) is 0 Å². The van der Waals surface area contributed by atoms with Crippen molar-refractivity contribution < 1.29 is 33.1 Å². The molecule has 24 heavy (non-hydrogen) atoms. The van der Waals surface area contributed by atoms with Gasteiger partial charge in [0, 0.05) is 25.9 Å². The maximum absolute atomic E-state index is 11.5. The quantitative estimate of drug-likeness (QED) is 0.448. The lowest BCUT2D eigenvalue weighted by atomic mass is 9.96. The van der Waals surface area contributed by atoms with E-state index in [9.17, 15) is 14.7 Å². The van der Waals surface area contributed by atoms with Gasteiger partial charge in [0.05, 0.1) is 6.42 Å². The van der Waals surface area contributed by atoms with E-state index < -0.39 is 32.7 Å². The van der Waals surface area contributed by atoms with Crippen LogP contribution < -0.4 is 0 Å². The number of hydrogen-bond acceptors (Lipinski definition) is 6. The van der Waals surface area contributed by atoms with E-state index >= 15 is 0 Å². The zero-order valence-corrected chi connectivity index (χ0v) is 16.3. The van der Waals surface area contributed by atoms with E-state index in [1.807, 2.05) is 20.8 Å². The summed E-state index contributed by atoms with van der Waals surface area (Å²) in [7, 11) is -1.16. The Bertz CT molecular complexity index is 390. The van der Waals surface area contributed by atoms with Gasteiger partial charge in [0.2, 0.25) is 0 Å². The predicted octanol–water partition coefficient (Wildman–Crippen LogP) is 1.67. The second-order valence-corrected chi connectivity index (χ2v) is 8.39. The summed E-state index contributed by atoms with van der Waals surface area (Å²) < 4.78 is 17.3. The number of carbonyl (C=O) groups is 2. The number of likely N-dealkylation sites (N-methyl/N-ethyl adjacent to an activating group) is 1. The zero-order chi connectivity index (χ0) is 18.8. The molecule has 0 aliphatic carbocycles. The minimum atomic E-state index is -2.77. The highest BCUT2D eigenvalue weighted by Crippen LogP contribution is 2.22. The van der Waals surface area contributed by atoms with Crippen molar-refractivity contribution in [2.45, 2.75) is 52.1 Å². The Morgan fingerprint density at radius 3 is 1.83 bits per heavy atom. The van der Waals surface area contributed by atoms with Crippen molar-refractivity contribution in [3.05, 3.63) is 0 Å². The first-order valence-corrected chi connectivity index (χ1v) is 10.2. The summed E-state index contributed by atoms with van der Waals surface area (Å²) in [6.07, 6.45) is 0.120. The van der Waals surface area contributed by atoms with Crippen LogP contribution in [0.1, 0.15) is 40.5 Å². The summed E-state index contributed by atoms with van der Waals surface area (Å²) in [6, 6.07) is 0.551. The van der Waals surface area contributed by atoms with E-state index in [0.717, 1.165) is 0 Å². The zero-order valence-electron chi connectivity index (χ0n) is 15.3. The topological polar surface area (TPSA) is 106 Å². The Hall–Kier alpha value is -1.00. The van der Waals surface area contributed by atoms with E-state index in [2.05, 4.69) is 0 Å². The molecule has 0 unspecified atom stereocenters. The smallest absolute Gasteiger partial charge is 0.481 e. The van der Waals surface area contributed by atoms with Gasteiger partial charge in [-0.1, -0.05) is 0 Å². The number of hydrogen-bond donors (Lipinski definition) is 2. The van der Waals surface area contributed by atoms with Crippen molar-refractivity contribution in [2.24, 2.45) is 0 Å². The molecular formula is C15H31NO7Si. The summed E-state index contributed by atoms with van der Waals surface area (Å²) in [5.41, 5.74) is -1.46. The normalized spacial score (nSPS) is 14.6. The van der Waals surface area contributed by atoms with Crippen molar-refractivity contribution >= 4 is 20.7 Å². The molecule has 0 aliphatic rings. The van der Waals surface area contributed by atoms with Gasteiger partial charge in [0.25, 0.3) is 0 Å². The first-order chi connectivity index (χ1) is 11.2. The van der Waals surface area contributed by atoms with Crippen LogP contribution in [0.5, 0.6) is 0 Å². The van der Waals surface area contributed by atoms with E-state index in [1.165, 1.54) is 6.92 Å². The summed E-state index contributed by atoms with van der Waals surface area (Å²) in [5.74, 6) is -2.30. The van der Waals surface area contributed by atoms with Crippen LogP contribution in [0, 0.1) is 0 Å². The third-order valence-electron chi connectivity index (χ3n) is 3.87. The molecule has 0 aromatic carbocycles. The van der Waals surface area contributed by atoms with Crippen LogP contribution in [-0.2, 0) is 22.9 Å². The third kappa shape index (κ3) is 6.86. The highest BCUT2D eigenvalue weighted by Gasteiger charge is 2.42. The van der Waals surface area contributed by atoms with Crippen LogP contribution >= 0.6 is 0 Å². The maximum atomic E-state index is 11.5. The summed E-state index contributed by atoms with van der Waals surface area (Å²) >= 11 is 0. The molecule has 0 amide bonds. The fourth-order valence-electron chi connectivity index (χ4n) is 2.45. The van der Waals surface area contributed by atoms with Crippen LogP contribution in [0.4, 0.5) is 0 Å². The first kappa shape index (κ1) is 23.0. The molecule has 0 aromatic rings. The van der Waals surface area contributed by atoms with E-state index in [4.69, 9.17) is 18.4 Å². The molecule has 8 nitrogen and oxygen atoms in total. The molecule has 0 aliphatic heterocycles. The Morgan fingerprint density at radius 2 is 1.50 bits per heavy atom. The highest BCUT2D eigenvalue weighted by molar-refractivity contribution is 6.60. The lowest BCUT2D eigenvalue weighted by Crippen LogP contribution is -2.53. The average Bonchev–Trinajstić information content (AvgIpc) is 2.46. The third-order valence-corrected chi connectivity index (χ3v) is 7.02. The van der Waals surface area contributed by atoms with Crippen molar-refractivity contribution in [2.75, 3.05) is 33.4 Å². The maximum Gasteiger partial charge on any atom is 0.500 e. The fourth-order valence-corrected chi connectivity index (χ4v) is 5.04. The van der Waals surface area contributed by atoms with E-state index in [0.29, 0.717) is 38.8 Å².